The van der Waals surface area contributed by atoms with Crippen molar-refractivity contribution in [3.05, 3.63) is 23.8 Å². The lowest BCUT2D eigenvalue weighted by atomic mass is 9.46. The second-order valence-electron chi connectivity index (χ2n) is 10.5. The number of Topliss-reactive ketones (excluding diaryl/α,β-unsaturated/α-hetero) is 1. The van der Waals surface area contributed by atoms with Crippen LogP contribution in [0.1, 0.15) is 47.0 Å². The summed E-state index contributed by atoms with van der Waals surface area (Å²) in [5, 5.41) is 23.0. The molecule has 8 heteroatoms. The summed E-state index contributed by atoms with van der Waals surface area (Å²) in [4.78, 5) is 36.5. The van der Waals surface area contributed by atoms with E-state index in [9.17, 15) is 24.6 Å². The minimum atomic E-state index is -1.76. The molecule has 0 aromatic carbocycles. The number of fused-ring (bicyclic) bond motifs is 5. The van der Waals surface area contributed by atoms with Gasteiger partial charge in [0.25, 0.3) is 0 Å². The van der Waals surface area contributed by atoms with Crippen molar-refractivity contribution in [1.82, 2.24) is 0 Å². The Kier molecular flexibility index (Phi) is 5.64. The smallest absolute Gasteiger partial charge is 0.303 e. The van der Waals surface area contributed by atoms with E-state index >= 15 is 0 Å². The molecule has 3 unspecified atom stereocenters. The summed E-state index contributed by atoms with van der Waals surface area (Å²) in [5.41, 5.74) is -2.46. The summed E-state index contributed by atoms with van der Waals surface area (Å²) in [6.45, 7) is 6.40. The molecule has 0 aromatic rings. The number of ketones is 2. The van der Waals surface area contributed by atoms with Gasteiger partial charge in [-0.1, -0.05) is 48.4 Å². The summed E-state index contributed by atoms with van der Waals surface area (Å²) >= 11 is 10.9. The third-order valence-electron chi connectivity index (χ3n) is 9.03. The third kappa shape index (κ3) is 2.87. The molecule has 6 nitrogen and oxygen atoms in total. The predicted molar refractivity (Wildman–Crippen MR) is 122 cm³/mol. The molecule has 0 amide bonds. The monoisotopic (exact) mass is 528 g/mol. The molecule has 4 aliphatic rings. The topological polar surface area (TPSA) is 101 Å². The minimum absolute atomic E-state index is 0.0917. The standard InChI is InChI=1S/C24H30BrClO6/c1-12-7-16-20-17(26)9-14-8-15(28)5-6-21(14,3)23(20,25)18(29)10-22(16,4)24(12,31)19(30)11-32-13(2)27/h5-6,8,12,16-18,20,29,31H,7,9-11H2,1-4H3/t12?,16-,17?,18?,20+,21-,22-,23+,24-/m0/s1. The normalized spacial score (nSPS) is 49.6. The maximum Gasteiger partial charge on any atom is 0.303 e. The highest BCUT2D eigenvalue weighted by Crippen LogP contribution is 2.72. The van der Waals surface area contributed by atoms with Crippen molar-refractivity contribution in [2.45, 2.75) is 68.4 Å². The lowest BCUT2D eigenvalue weighted by Crippen LogP contribution is -2.70. The number of carbonyl (C=O) groups is 3. The fourth-order valence-electron chi connectivity index (χ4n) is 7.36. The van der Waals surface area contributed by atoms with E-state index in [1.807, 2.05) is 26.8 Å². The van der Waals surface area contributed by atoms with E-state index in [0.717, 1.165) is 5.57 Å². The van der Waals surface area contributed by atoms with E-state index in [-0.39, 0.29) is 24.0 Å². The zero-order valence-electron chi connectivity index (χ0n) is 18.7. The Morgan fingerprint density at radius 3 is 2.62 bits per heavy atom. The van der Waals surface area contributed by atoms with Crippen LogP contribution in [-0.2, 0) is 19.1 Å². The van der Waals surface area contributed by atoms with Crippen molar-refractivity contribution in [2.24, 2.45) is 28.6 Å². The molecule has 176 valence electrons. The third-order valence-corrected chi connectivity index (χ3v) is 11.3. The van der Waals surface area contributed by atoms with Crippen molar-refractivity contribution in [2.75, 3.05) is 6.61 Å². The van der Waals surface area contributed by atoms with Crippen LogP contribution in [0.25, 0.3) is 0 Å². The van der Waals surface area contributed by atoms with Crippen LogP contribution in [0.5, 0.6) is 0 Å². The van der Waals surface area contributed by atoms with Crippen molar-refractivity contribution in [1.29, 1.82) is 0 Å². The average molecular weight is 530 g/mol. The van der Waals surface area contributed by atoms with Gasteiger partial charge in [0.15, 0.2) is 12.4 Å². The Morgan fingerprint density at radius 2 is 2.00 bits per heavy atom. The number of carbonyl (C=O) groups excluding carboxylic acids is 3. The van der Waals surface area contributed by atoms with E-state index < -0.39 is 56.5 Å². The second kappa shape index (κ2) is 7.49. The zero-order valence-corrected chi connectivity index (χ0v) is 21.1. The van der Waals surface area contributed by atoms with Crippen LogP contribution < -0.4 is 0 Å². The molecule has 0 saturated heterocycles. The molecule has 9 atom stereocenters. The molecule has 4 aliphatic carbocycles. The van der Waals surface area contributed by atoms with Crippen LogP contribution in [0.15, 0.2) is 23.8 Å². The SMILES string of the molecule is CC(=O)OCC(=O)[C@@]1(O)C(C)C[C@H]2[C@@H]3C(Cl)CC4=CC(=O)C=C[C@]4(C)[C@@]3(Br)C(O)C[C@@]21C. The van der Waals surface area contributed by atoms with Gasteiger partial charge in [-0.3, -0.25) is 14.4 Å². The highest BCUT2D eigenvalue weighted by molar-refractivity contribution is 9.10. The zero-order chi connectivity index (χ0) is 23.9. The summed E-state index contributed by atoms with van der Waals surface area (Å²) in [6.07, 6.45) is 5.27. The molecule has 2 N–H and O–H groups in total. The first-order valence-corrected chi connectivity index (χ1v) is 12.3. The molecule has 32 heavy (non-hydrogen) atoms. The quantitative estimate of drug-likeness (QED) is 0.430. The van der Waals surface area contributed by atoms with E-state index in [1.165, 1.54) is 13.0 Å². The van der Waals surface area contributed by atoms with Crippen molar-refractivity contribution < 1.29 is 29.3 Å². The molecule has 4 rings (SSSR count). The van der Waals surface area contributed by atoms with Gasteiger partial charge in [-0.05, 0) is 49.2 Å². The Morgan fingerprint density at radius 1 is 1.34 bits per heavy atom. The number of allylic oxidation sites excluding steroid dienone is 4. The maximum atomic E-state index is 13.2. The first-order valence-electron chi connectivity index (χ1n) is 11.1. The molecule has 3 fully saturated rings. The van der Waals surface area contributed by atoms with Gasteiger partial charge in [0.1, 0.15) is 5.60 Å². The fourth-order valence-corrected chi connectivity index (χ4v) is 9.24. The minimum Gasteiger partial charge on any atom is -0.458 e. The van der Waals surface area contributed by atoms with Crippen LogP contribution >= 0.6 is 27.5 Å². The van der Waals surface area contributed by atoms with Crippen molar-refractivity contribution in [3.63, 3.8) is 0 Å². The van der Waals surface area contributed by atoms with Crippen LogP contribution in [0.2, 0.25) is 0 Å². The van der Waals surface area contributed by atoms with Gasteiger partial charge in [-0.15, -0.1) is 11.6 Å². The second-order valence-corrected chi connectivity index (χ2v) is 12.3. The first kappa shape index (κ1) is 24.1. The molecule has 0 spiro atoms. The summed E-state index contributed by atoms with van der Waals surface area (Å²) in [7, 11) is 0. The van der Waals surface area contributed by atoms with Crippen LogP contribution in [0.4, 0.5) is 0 Å². The average Bonchev–Trinajstić information content (AvgIpc) is 2.89. The highest BCUT2D eigenvalue weighted by atomic mass is 79.9. The number of esters is 1. The van der Waals surface area contributed by atoms with E-state index in [4.69, 9.17) is 16.3 Å². The maximum absolute atomic E-state index is 13.2. The highest BCUT2D eigenvalue weighted by Gasteiger charge is 2.75. The summed E-state index contributed by atoms with van der Waals surface area (Å²) in [6, 6.07) is 0. The van der Waals surface area contributed by atoms with Gasteiger partial charge in [0, 0.05) is 23.1 Å². The molecule has 0 heterocycles. The lowest BCUT2D eigenvalue weighted by Gasteiger charge is -2.65. The van der Waals surface area contributed by atoms with Gasteiger partial charge in [0.2, 0.25) is 5.78 Å². The van der Waals surface area contributed by atoms with E-state index in [2.05, 4.69) is 15.9 Å². The molecule has 0 radical (unpaired) electrons. The molecular weight excluding hydrogens is 500 g/mol. The van der Waals surface area contributed by atoms with Gasteiger partial charge in [-0.25, -0.2) is 0 Å². The number of aliphatic hydroxyl groups is 2. The number of aliphatic hydroxyl groups excluding tert-OH is 1. The first-order chi connectivity index (χ1) is 14.7. The van der Waals surface area contributed by atoms with Gasteiger partial charge in [-0.2, -0.15) is 0 Å². The number of hydrogen-bond donors (Lipinski definition) is 2. The lowest BCUT2D eigenvalue weighted by molar-refractivity contribution is -0.180. The Hall–Kier alpha value is -1.02. The predicted octanol–water partition coefficient (Wildman–Crippen LogP) is 3.11. The number of halogens is 2. The van der Waals surface area contributed by atoms with Gasteiger partial charge >= 0.3 is 5.97 Å². The Labute approximate surface area is 201 Å². The summed E-state index contributed by atoms with van der Waals surface area (Å²) in [5.74, 6) is -2.06. The number of rotatable bonds is 3. The number of ether oxygens (including phenoxy) is 1. The molecule has 0 aliphatic heterocycles. The van der Waals surface area contributed by atoms with E-state index in [0.29, 0.717) is 12.8 Å². The van der Waals surface area contributed by atoms with Crippen molar-refractivity contribution in [3.8, 4) is 0 Å². The van der Waals surface area contributed by atoms with Crippen LogP contribution in [-0.4, -0.2) is 55.8 Å². The fraction of sp³-hybridized carbons (Fsp3) is 0.708. The largest absolute Gasteiger partial charge is 0.458 e. The van der Waals surface area contributed by atoms with E-state index in [1.54, 1.807) is 6.08 Å². The molecular formula is C24H30BrClO6. The number of hydrogen-bond acceptors (Lipinski definition) is 6. The molecule has 0 bridgehead atoms. The van der Waals surface area contributed by atoms with Crippen LogP contribution in [0, 0.1) is 28.6 Å². The molecule has 3 saturated carbocycles. The van der Waals surface area contributed by atoms with Gasteiger partial charge in [0.05, 0.1) is 10.4 Å². The summed E-state index contributed by atoms with van der Waals surface area (Å²) < 4.78 is 4.07. The van der Waals surface area contributed by atoms with Crippen LogP contribution in [0.3, 0.4) is 0 Å². The molecule has 0 aromatic heterocycles. The van der Waals surface area contributed by atoms with Crippen molar-refractivity contribution >= 4 is 45.1 Å². The Bertz CT molecular complexity index is 947. The Balaban J connectivity index is 1.80. The number of alkyl halides is 2. The van der Waals surface area contributed by atoms with Gasteiger partial charge < -0.3 is 14.9 Å².